The Morgan fingerprint density at radius 2 is 2.06 bits per heavy atom. The molecule has 5 nitrogen and oxygen atoms in total. The van der Waals surface area contributed by atoms with Gasteiger partial charge in [0, 0.05) is 11.6 Å². The van der Waals surface area contributed by atoms with Crippen molar-refractivity contribution in [3.63, 3.8) is 0 Å². The zero-order valence-electron chi connectivity index (χ0n) is 10.4. The van der Waals surface area contributed by atoms with E-state index in [1.54, 1.807) is 6.20 Å². The number of nitrogens with two attached hydrogens (primary N) is 1. The minimum Gasteiger partial charge on any atom is -0.381 e. The van der Waals surface area contributed by atoms with Gasteiger partial charge >= 0.3 is 0 Å². The van der Waals surface area contributed by atoms with Crippen LogP contribution in [0.1, 0.15) is 32.2 Å². The molecule has 0 saturated heterocycles. The Morgan fingerprint density at radius 3 is 2.65 bits per heavy atom. The van der Waals surface area contributed by atoms with E-state index in [9.17, 15) is 0 Å². The van der Waals surface area contributed by atoms with Crippen molar-refractivity contribution < 1.29 is 0 Å². The van der Waals surface area contributed by atoms with E-state index in [2.05, 4.69) is 36.1 Å². The Bertz CT molecular complexity index is 495. The SMILES string of the molecule is CC(C)(C)c1c(N)nnn1Cc1ccccn1. The van der Waals surface area contributed by atoms with Crippen molar-refractivity contribution >= 4 is 5.82 Å². The van der Waals surface area contributed by atoms with Crippen LogP contribution in [-0.2, 0) is 12.0 Å². The first-order valence-electron chi connectivity index (χ1n) is 5.58. The van der Waals surface area contributed by atoms with Gasteiger partial charge in [-0.05, 0) is 12.1 Å². The zero-order chi connectivity index (χ0) is 12.5. The summed E-state index contributed by atoms with van der Waals surface area (Å²) in [5.41, 5.74) is 7.68. The van der Waals surface area contributed by atoms with E-state index in [-0.39, 0.29) is 5.41 Å². The van der Waals surface area contributed by atoms with Crippen LogP contribution in [0.5, 0.6) is 0 Å². The van der Waals surface area contributed by atoms with Gasteiger partial charge in [0.05, 0.1) is 17.9 Å². The molecule has 0 amide bonds. The van der Waals surface area contributed by atoms with E-state index in [0.717, 1.165) is 11.4 Å². The van der Waals surface area contributed by atoms with Crippen molar-refractivity contribution in [2.24, 2.45) is 0 Å². The number of nitrogen functional groups attached to an aromatic ring is 1. The van der Waals surface area contributed by atoms with Crippen LogP contribution in [0.2, 0.25) is 0 Å². The predicted molar refractivity (Wildman–Crippen MR) is 66.5 cm³/mol. The Morgan fingerprint density at radius 1 is 1.29 bits per heavy atom. The van der Waals surface area contributed by atoms with Crippen molar-refractivity contribution in [3.8, 4) is 0 Å². The number of hydrogen-bond donors (Lipinski definition) is 1. The topological polar surface area (TPSA) is 69.6 Å². The van der Waals surface area contributed by atoms with Crippen LogP contribution in [0.15, 0.2) is 24.4 Å². The molecule has 2 aromatic heterocycles. The molecule has 0 bridgehead atoms. The lowest BCUT2D eigenvalue weighted by Gasteiger charge is -2.19. The van der Waals surface area contributed by atoms with E-state index in [1.165, 1.54) is 0 Å². The van der Waals surface area contributed by atoms with Gasteiger partial charge in [0.1, 0.15) is 0 Å². The van der Waals surface area contributed by atoms with Crippen molar-refractivity contribution in [2.75, 3.05) is 5.73 Å². The molecule has 0 saturated carbocycles. The molecule has 17 heavy (non-hydrogen) atoms. The molecule has 0 aliphatic heterocycles. The van der Waals surface area contributed by atoms with Crippen LogP contribution in [0.4, 0.5) is 5.82 Å². The minimum atomic E-state index is -0.0810. The number of aromatic nitrogens is 4. The Hall–Kier alpha value is -1.91. The summed E-state index contributed by atoms with van der Waals surface area (Å²) in [6, 6.07) is 5.81. The third-order valence-electron chi connectivity index (χ3n) is 2.51. The predicted octanol–water partition coefficient (Wildman–Crippen LogP) is 1.60. The monoisotopic (exact) mass is 231 g/mol. The maximum Gasteiger partial charge on any atom is 0.169 e. The molecule has 0 unspecified atom stereocenters. The molecule has 2 N–H and O–H groups in total. The van der Waals surface area contributed by atoms with Crippen molar-refractivity contribution in [2.45, 2.75) is 32.7 Å². The fourth-order valence-electron chi connectivity index (χ4n) is 1.85. The number of anilines is 1. The van der Waals surface area contributed by atoms with Crippen LogP contribution in [0.25, 0.3) is 0 Å². The molecule has 90 valence electrons. The molecule has 0 atom stereocenters. The molecule has 5 heteroatoms. The van der Waals surface area contributed by atoms with E-state index >= 15 is 0 Å². The lowest BCUT2D eigenvalue weighted by Crippen LogP contribution is -2.20. The third-order valence-corrected chi connectivity index (χ3v) is 2.51. The van der Waals surface area contributed by atoms with Crippen molar-refractivity contribution in [3.05, 3.63) is 35.8 Å². The molecule has 0 spiro atoms. The average Bonchev–Trinajstić information content (AvgIpc) is 2.60. The molecule has 2 aromatic rings. The average molecular weight is 231 g/mol. The highest BCUT2D eigenvalue weighted by Crippen LogP contribution is 2.26. The third kappa shape index (κ3) is 2.43. The molecule has 0 fully saturated rings. The second-order valence-electron chi connectivity index (χ2n) is 5.05. The summed E-state index contributed by atoms with van der Waals surface area (Å²) >= 11 is 0. The fraction of sp³-hybridized carbons (Fsp3) is 0.417. The molecule has 0 aliphatic carbocycles. The fourth-order valence-corrected chi connectivity index (χ4v) is 1.85. The molecular weight excluding hydrogens is 214 g/mol. The van der Waals surface area contributed by atoms with Crippen LogP contribution >= 0.6 is 0 Å². The normalized spacial score (nSPS) is 11.7. The molecule has 2 heterocycles. The smallest absolute Gasteiger partial charge is 0.169 e. The molecule has 0 aliphatic rings. The summed E-state index contributed by atoms with van der Waals surface area (Å²) in [6.07, 6.45) is 1.77. The summed E-state index contributed by atoms with van der Waals surface area (Å²) < 4.78 is 1.82. The minimum absolute atomic E-state index is 0.0810. The Labute approximate surface area is 101 Å². The summed E-state index contributed by atoms with van der Waals surface area (Å²) in [6.45, 7) is 6.88. The van der Waals surface area contributed by atoms with E-state index in [0.29, 0.717) is 12.4 Å². The first kappa shape index (κ1) is 11.6. The quantitative estimate of drug-likeness (QED) is 0.852. The second kappa shape index (κ2) is 4.16. The standard InChI is InChI=1S/C12H17N5/c1-12(2,3)10-11(13)15-16-17(10)8-9-6-4-5-7-14-9/h4-7H,8,13H2,1-3H3. The lowest BCUT2D eigenvalue weighted by atomic mass is 9.92. The Balaban J connectivity index is 2.35. The first-order valence-corrected chi connectivity index (χ1v) is 5.58. The van der Waals surface area contributed by atoms with Crippen LogP contribution < -0.4 is 5.73 Å². The lowest BCUT2D eigenvalue weighted by molar-refractivity contribution is 0.500. The van der Waals surface area contributed by atoms with Crippen molar-refractivity contribution in [1.29, 1.82) is 0 Å². The van der Waals surface area contributed by atoms with Gasteiger partial charge in [-0.1, -0.05) is 32.1 Å². The summed E-state index contributed by atoms with van der Waals surface area (Å²) in [4.78, 5) is 4.28. The summed E-state index contributed by atoms with van der Waals surface area (Å²) in [5, 5.41) is 8.02. The first-order chi connectivity index (χ1) is 7.98. The number of pyridine rings is 1. The summed E-state index contributed by atoms with van der Waals surface area (Å²) in [5.74, 6) is 0.494. The number of hydrogen-bond acceptors (Lipinski definition) is 4. The molecule has 0 radical (unpaired) electrons. The molecule has 2 rings (SSSR count). The van der Waals surface area contributed by atoms with Gasteiger partial charge in [0.25, 0.3) is 0 Å². The van der Waals surface area contributed by atoms with Gasteiger partial charge in [0.15, 0.2) is 5.82 Å². The maximum absolute atomic E-state index is 5.87. The van der Waals surface area contributed by atoms with Crippen LogP contribution in [0, 0.1) is 0 Å². The van der Waals surface area contributed by atoms with Gasteiger partial charge < -0.3 is 5.73 Å². The molecule has 0 aromatic carbocycles. The number of nitrogens with zero attached hydrogens (tertiary/aromatic N) is 4. The summed E-state index contributed by atoms with van der Waals surface area (Å²) in [7, 11) is 0. The highest BCUT2D eigenvalue weighted by atomic mass is 15.4. The van der Waals surface area contributed by atoms with Gasteiger partial charge in [-0.2, -0.15) is 0 Å². The highest BCUT2D eigenvalue weighted by molar-refractivity contribution is 5.38. The molecular formula is C12H17N5. The van der Waals surface area contributed by atoms with E-state index < -0.39 is 0 Å². The van der Waals surface area contributed by atoms with Crippen LogP contribution in [-0.4, -0.2) is 20.0 Å². The second-order valence-corrected chi connectivity index (χ2v) is 5.05. The zero-order valence-corrected chi connectivity index (χ0v) is 10.4. The van der Waals surface area contributed by atoms with Gasteiger partial charge in [0.2, 0.25) is 0 Å². The van der Waals surface area contributed by atoms with Crippen LogP contribution in [0.3, 0.4) is 0 Å². The van der Waals surface area contributed by atoms with Crippen molar-refractivity contribution in [1.82, 2.24) is 20.0 Å². The maximum atomic E-state index is 5.87. The van der Waals surface area contributed by atoms with E-state index in [4.69, 9.17) is 5.73 Å². The van der Waals surface area contributed by atoms with Gasteiger partial charge in [-0.15, -0.1) is 5.10 Å². The van der Waals surface area contributed by atoms with Gasteiger partial charge in [-0.3, -0.25) is 4.98 Å². The van der Waals surface area contributed by atoms with E-state index in [1.807, 2.05) is 22.9 Å². The largest absolute Gasteiger partial charge is 0.381 e. The van der Waals surface area contributed by atoms with Gasteiger partial charge in [-0.25, -0.2) is 4.68 Å². The Kier molecular flexibility index (Phi) is 2.83. The number of rotatable bonds is 2. The highest BCUT2D eigenvalue weighted by Gasteiger charge is 2.24.